The van der Waals surface area contributed by atoms with Crippen molar-refractivity contribution in [1.29, 1.82) is 0 Å². The smallest absolute Gasteiger partial charge is 0.410 e. The Kier molecular flexibility index (Phi) is 2.61. The topological polar surface area (TPSA) is 42.1 Å². The molecule has 2 aliphatic heterocycles. The van der Waals surface area contributed by atoms with E-state index in [0.29, 0.717) is 13.1 Å². The molecule has 0 saturated carbocycles. The van der Waals surface area contributed by atoms with E-state index in [0.717, 1.165) is 5.56 Å². The van der Waals surface area contributed by atoms with E-state index in [9.17, 15) is 4.79 Å². The summed E-state index contributed by atoms with van der Waals surface area (Å²) in [5.41, 5.74) is 0.397. The van der Waals surface area contributed by atoms with Crippen LogP contribution in [-0.2, 0) is 15.1 Å². The molecule has 0 aliphatic carbocycles. The van der Waals surface area contributed by atoms with Crippen LogP contribution in [0.1, 0.15) is 26.3 Å². The Labute approximate surface area is 113 Å². The van der Waals surface area contributed by atoms with Gasteiger partial charge in [0, 0.05) is 0 Å². The Morgan fingerprint density at radius 2 is 2.05 bits per heavy atom. The molecule has 2 heterocycles. The van der Waals surface area contributed by atoms with Crippen LogP contribution in [-0.4, -0.2) is 35.8 Å². The second kappa shape index (κ2) is 3.97. The van der Waals surface area contributed by atoms with Crippen molar-refractivity contribution in [2.75, 3.05) is 13.1 Å². The highest BCUT2D eigenvalue weighted by Gasteiger charge is 2.64. The molecule has 0 spiro atoms. The van der Waals surface area contributed by atoms with Crippen LogP contribution in [0.2, 0.25) is 0 Å². The zero-order valence-corrected chi connectivity index (χ0v) is 11.6. The van der Waals surface area contributed by atoms with Gasteiger partial charge in [-0.25, -0.2) is 4.79 Å². The maximum absolute atomic E-state index is 12.0. The second-order valence-corrected chi connectivity index (χ2v) is 6.22. The van der Waals surface area contributed by atoms with E-state index in [1.807, 2.05) is 39.0 Å². The molecule has 3 rings (SSSR count). The minimum atomic E-state index is -0.454. The number of rotatable bonds is 1. The van der Waals surface area contributed by atoms with Gasteiger partial charge in [-0.05, 0) is 26.3 Å². The molecule has 102 valence electrons. The third-order valence-electron chi connectivity index (χ3n) is 3.54. The van der Waals surface area contributed by atoms with Gasteiger partial charge in [-0.2, -0.15) is 0 Å². The molecular weight excluding hydrogens is 242 g/mol. The van der Waals surface area contributed by atoms with Gasteiger partial charge in [-0.1, -0.05) is 30.3 Å². The molecule has 1 aromatic rings. The van der Waals surface area contributed by atoms with Gasteiger partial charge in [0.25, 0.3) is 0 Å². The van der Waals surface area contributed by atoms with Gasteiger partial charge in [0.05, 0.1) is 13.1 Å². The molecule has 2 aliphatic rings. The van der Waals surface area contributed by atoms with E-state index in [1.165, 1.54) is 0 Å². The fourth-order valence-electron chi connectivity index (χ4n) is 2.62. The molecule has 2 atom stereocenters. The molecule has 0 radical (unpaired) electrons. The van der Waals surface area contributed by atoms with Crippen molar-refractivity contribution in [2.24, 2.45) is 0 Å². The average Bonchev–Trinajstić information content (AvgIpc) is 2.91. The largest absolute Gasteiger partial charge is 0.444 e. The van der Waals surface area contributed by atoms with Crippen LogP contribution in [0.4, 0.5) is 4.79 Å². The van der Waals surface area contributed by atoms with E-state index < -0.39 is 5.60 Å². The van der Waals surface area contributed by atoms with Gasteiger partial charge >= 0.3 is 6.09 Å². The molecule has 0 aromatic heterocycles. The lowest BCUT2D eigenvalue weighted by atomic mass is 9.98. The number of hydrogen-bond acceptors (Lipinski definition) is 3. The summed E-state index contributed by atoms with van der Waals surface area (Å²) < 4.78 is 11.2. The minimum Gasteiger partial charge on any atom is -0.444 e. The van der Waals surface area contributed by atoms with Gasteiger partial charge in [-0.3, -0.25) is 0 Å². The number of benzene rings is 1. The average molecular weight is 261 g/mol. The van der Waals surface area contributed by atoms with Crippen molar-refractivity contribution in [2.45, 2.75) is 38.1 Å². The van der Waals surface area contributed by atoms with Crippen molar-refractivity contribution >= 4 is 6.09 Å². The lowest BCUT2D eigenvalue weighted by molar-refractivity contribution is 0.0195. The first-order chi connectivity index (χ1) is 8.91. The van der Waals surface area contributed by atoms with Gasteiger partial charge < -0.3 is 14.4 Å². The normalized spacial score (nSPS) is 29.0. The number of morpholine rings is 1. The number of likely N-dealkylation sites (tertiary alicyclic amines) is 1. The lowest BCUT2D eigenvalue weighted by Crippen LogP contribution is -2.38. The summed E-state index contributed by atoms with van der Waals surface area (Å²) in [4.78, 5) is 13.8. The number of fused-ring (bicyclic) bond motifs is 1. The highest BCUT2D eigenvalue weighted by molar-refractivity contribution is 5.69. The van der Waals surface area contributed by atoms with Crippen LogP contribution < -0.4 is 0 Å². The molecule has 4 heteroatoms. The Morgan fingerprint density at radius 1 is 1.37 bits per heavy atom. The van der Waals surface area contributed by atoms with Crippen molar-refractivity contribution in [3.63, 3.8) is 0 Å². The first kappa shape index (κ1) is 12.5. The van der Waals surface area contributed by atoms with E-state index in [1.54, 1.807) is 4.90 Å². The number of epoxide rings is 1. The van der Waals surface area contributed by atoms with Crippen LogP contribution in [0.5, 0.6) is 0 Å². The molecule has 2 saturated heterocycles. The number of hydrogen-bond donors (Lipinski definition) is 0. The fourth-order valence-corrected chi connectivity index (χ4v) is 2.62. The van der Waals surface area contributed by atoms with Gasteiger partial charge in [-0.15, -0.1) is 0 Å². The number of carbonyl (C=O) groups is 1. The fraction of sp³-hybridized carbons (Fsp3) is 0.533. The Hall–Kier alpha value is -1.55. The van der Waals surface area contributed by atoms with Crippen molar-refractivity contribution < 1.29 is 14.3 Å². The van der Waals surface area contributed by atoms with Crippen molar-refractivity contribution in [3.8, 4) is 0 Å². The van der Waals surface area contributed by atoms with Crippen LogP contribution in [0, 0.1) is 0 Å². The van der Waals surface area contributed by atoms with E-state index in [2.05, 4.69) is 12.1 Å². The quantitative estimate of drug-likeness (QED) is 0.729. The number of nitrogens with zero attached hydrogens (tertiary/aromatic N) is 1. The predicted molar refractivity (Wildman–Crippen MR) is 70.8 cm³/mol. The summed E-state index contributed by atoms with van der Waals surface area (Å²) in [6, 6.07) is 10.1. The minimum absolute atomic E-state index is 0.113. The molecule has 4 nitrogen and oxygen atoms in total. The molecule has 0 N–H and O–H groups in total. The maximum Gasteiger partial charge on any atom is 0.410 e. The summed E-state index contributed by atoms with van der Waals surface area (Å²) in [5.74, 6) is 0. The van der Waals surface area contributed by atoms with Crippen LogP contribution in [0.15, 0.2) is 30.3 Å². The highest BCUT2D eigenvalue weighted by atomic mass is 16.6. The second-order valence-electron chi connectivity index (χ2n) is 6.22. The SMILES string of the molecule is CC(C)(C)OC(=O)N1CC2OC2(c2ccccc2)C1. The summed E-state index contributed by atoms with van der Waals surface area (Å²) in [6.07, 6.45) is -0.138. The zero-order chi connectivity index (χ0) is 13.7. The van der Waals surface area contributed by atoms with Crippen LogP contribution in [0.25, 0.3) is 0 Å². The molecular formula is C15H19NO3. The molecule has 1 amide bonds. The number of carbonyl (C=O) groups excluding carboxylic acids is 1. The predicted octanol–water partition coefficient (Wildman–Crippen LogP) is 2.53. The van der Waals surface area contributed by atoms with Crippen LogP contribution >= 0.6 is 0 Å². The Balaban J connectivity index is 1.71. The standard InChI is InChI=1S/C15H19NO3/c1-14(2,3)19-13(17)16-9-12-15(10-16,18-12)11-7-5-4-6-8-11/h4-8,12H,9-10H2,1-3H3. The molecule has 1 aromatic carbocycles. The van der Waals surface area contributed by atoms with E-state index in [-0.39, 0.29) is 17.8 Å². The van der Waals surface area contributed by atoms with Gasteiger partial charge in [0.2, 0.25) is 0 Å². The van der Waals surface area contributed by atoms with Crippen LogP contribution in [0.3, 0.4) is 0 Å². The summed E-state index contributed by atoms with van der Waals surface area (Å²) >= 11 is 0. The van der Waals surface area contributed by atoms with E-state index >= 15 is 0 Å². The van der Waals surface area contributed by atoms with Gasteiger partial charge in [0.1, 0.15) is 17.3 Å². The third-order valence-corrected chi connectivity index (χ3v) is 3.54. The first-order valence-electron chi connectivity index (χ1n) is 6.62. The van der Waals surface area contributed by atoms with Crippen molar-refractivity contribution in [3.05, 3.63) is 35.9 Å². The zero-order valence-electron chi connectivity index (χ0n) is 11.6. The van der Waals surface area contributed by atoms with Gasteiger partial charge in [0.15, 0.2) is 0 Å². The third kappa shape index (κ3) is 2.21. The summed E-state index contributed by atoms with van der Waals surface area (Å²) in [5, 5.41) is 0. The molecule has 19 heavy (non-hydrogen) atoms. The highest BCUT2D eigenvalue weighted by Crippen LogP contribution is 2.51. The number of amides is 1. The monoisotopic (exact) mass is 261 g/mol. The first-order valence-corrected chi connectivity index (χ1v) is 6.62. The maximum atomic E-state index is 12.0. The van der Waals surface area contributed by atoms with Crippen molar-refractivity contribution in [1.82, 2.24) is 4.90 Å². The summed E-state index contributed by atoms with van der Waals surface area (Å²) in [7, 11) is 0. The van der Waals surface area contributed by atoms with E-state index in [4.69, 9.17) is 9.47 Å². The lowest BCUT2D eigenvalue weighted by Gasteiger charge is -2.26. The molecule has 2 fully saturated rings. The number of ether oxygens (including phenoxy) is 2. The molecule has 0 bridgehead atoms. The molecule has 2 unspecified atom stereocenters. The Bertz CT molecular complexity index is 494. The summed E-state index contributed by atoms with van der Waals surface area (Å²) in [6.45, 7) is 6.84. The Morgan fingerprint density at radius 3 is 2.68 bits per heavy atom.